The zero-order chi connectivity index (χ0) is 15.6. The Balaban J connectivity index is 1.40. The van der Waals surface area contributed by atoms with Gasteiger partial charge in [0.25, 0.3) is 0 Å². The second-order valence-corrected chi connectivity index (χ2v) is 5.69. The molecule has 0 spiro atoms. The van der Waals surface area contributed by atoms with Crippen LogP contribution in [0.25, 0.3) is 5.65 Å². The van der Waals surface area contributed by atoms with Crippen molar-refractivity contribution in [3.05, 3.63) is 59.5 Å². The summed E-state index contributed by atoms with van der Waals surface area (Å²) in [5.41, 5.74) is 4.33. The van der Waals surface area contributed by atoms with Crippen molar-refractivity contribution >= 4 is 17.4 Å². The van der Waals surface area contributed by atoms with Crippen molar-refractivity contribution in [2.75, 3.05) is 5.32 Å². The number of nitrogens with one attached hydrogen (secondary N) is 2. The highest BCUT2D eigenvalue weighted by Gasteiger charge is 2.12. The van der Waals surface area contributed by atoms with Crippen LogP contribution in [0.3, 0.4) is 0 Å². The maximum Gasteiger partial charge on any atom is 0.319 e. The largest absolute Gasteiger partial charge is 0.331 e. The lowest BCUT2D eigenvalue weighted by Gasteiger charge is -2.08. The Morgan fingerprint density at radius 2 is 2.04 bits per heavy atom. The molecule has 2 N–H and O–H groups in total. The van der Waals surface area contributed by atoms with E-state index in [1.165, 1.54) is 17.5 Å². The number of aromatic nitrogens is 3. The molecule has 0 unspecified atom stereocenters. The fraction of sp³-hybridized carbons (Fsp3) is 0.235. The van der Waals surface area contributed by atoms with Crippen molar-refractivity contribution in [3.63, 3.8) is 0 Å². The van der Waals surface area contributed by atoms with Gasteiger partial charge < -0.3 is 10.6 Å². The van der Waals surface area contributed by atoms with Crippen LogP contribution in [0.4, 0.5) is 10.5 Å². The van der Waals surface area contributed by atoms with E-state index in [1.807, 2.05) is 34.9 Å². The van der Waals surface area contributed by atoms with E-state index in [-0.39, 0.29) is 6.03 Å². The molecule has 23 heavy (non-hydrogen) atoms. The van der Waals surface area contributed by atoms with Crippen LogP contribution in [0.15, 0.2) is 42.6 Å². The summed E-state index contributed by atoms with van der Waals surface area (Å²) in [6.45, 7) is 0.321. The van der Waals surface area contributed by atoms with Gasteiger partial charge in [0.1, 0.15) is 0 Å². The van der Waals surface area contributed by atoms with Gasteiger partial charge in [-0.25, -0.2) is 4.79 Å². The van der Waals surface area contributed by atoms with Crippen molar-refractivity contribution in [1.82, 2.24) is 19.9 Å². The van der Waals surface area contributed by atoms with Crippen molar-refractivity contribution in [2.45, 2.75) is 25.8 Å². The molecule has 0 radical (unpaired) electrons. The van der Waals surface area contributed by atoms with E-state index in [2.05, 4.69) is 33.0 Å². The van der Waals surface area contributed by atoms with Gasteiger partial charge in [-0.3, -0.25) is 4.40 Å². The van der Waals surface area contributed by atoms with Gasteiger partial charge in [0, 0.05) is 11.9 Å². The van der Waals surface area contributed by atoms with Crippen LogP contribution in [0.1, 0.15) is 23.4 Å². The van der Waals surface area contributed by atoms with E-state index in [9.17, 15) is 4.79 Å². The number of carbonyl (C=O) groups is 1. The molecule has 2 amide bonds. The molecule has 116 valence electrons. The van der Waals surface area contributed by atoms with E-state index < -0.39 is 0 Å². The molecule has 6 nitrogen and oxygen atoms in total. The molecule has 3 aromatic rings. The lowest BCUT2D eigenvalue weighted by atomic mass is 10.1. The first-order valence-corrected chi connectivity index (χ1v) is 7.75. The molecule has 0 saturated carbocycles. The smallest absolute Gasteiger partial charge is 0.319 e. The number of fused-ring (bicyclic) bond motifs is 2. The molecule has 6 heteroatoms. The highest BCUT2D eigenvalue weighted by Crippen LogP contribution is 2.24. The van der Waals surface area contributed by atoms with Gasteiger partial charge in [-0.15, -0.1) is 10.2 Å². The minimum atomic E-state index is -0.240. The predicted molar refractivity (Wildman–Crippen MR) is 87.3 cm³/mol. The Bertz CT molecular complexity index is 870. The zero-order valence-corrected chi connectivity index (χ0v) is 12.6. The molecular formula is C17H17N5O. The molecule has 2 heterocycles. The van der Waals surface area contributed by atoms with Gasteiger partial charge in [0.05, 0.1) is 6.54 Å². The molecule has 1 aliphatic carbocycles. The second-order valence-electron chi connectivity index (χ2n) is 5.69. The van der Waals surface area contributed by atoms with Crippen molar-refractivity contribution in [1.29, 1.82) is 0 Å². The van der Waals surface area contributed by atoms with Crippen LogP contribution in [0.5, 0.6) is 0 Å². The number of urea groups is 1. The number of rotatable bonds is 3. The molecule has 0 saturated heterocycles. The third-order valence-electron chi connectivity index (χ3n) is 4.15. The standard InChI is InChI=1S/C17H17N5O/c23-17(19-14-8-7-12-4-3-5-13(12)10-14)18-11-16-21-20-15-6-1-2-9-22(15)16/h1-2,6-10H,3-5,11H2,(H2,18,19,23). The molecular weight excluding hydrogens is 290 g/mol. The number of amides is 2. The fourth-order valence-corrected chi connectivity index (χ4v) is 3.00. The van der Waals surface area contributed by atoms with Crippen LogP contribution in [-0.4, -0.2) is 20.6 Å². The first-order chi connectivity index (χ1) is 11.3. The summed E-state index contributed by atoms with van der Waals surface area (Å²) in [5.74, 6) is 0.699. The monoisotopic (exact) mass is 307 g/mol. The van der Waals surface area contributed by atoms with Gasteiger partial charge >= 0.3 is 6.03 Å². The number of aryl methyl sites for hydroxylation is 2. The van der Waals surface area contributed by atoms with E-state index in [4.69, 9.17) is 0 Å². The fourth-order valence-electron chi connectivity index (χ4n) is 3.00. The number of hydrogen-bond acceptors (Lipinski definition) is 3. The highest BCUT2D eigenvalue weighted by molar-refractivity contribution is 5.89. The van der Waals surface area contributed by atoms with Gasteiger partial charge in [-0.05, 0) is 54.7 Å². The molecule has 0 fully saturated rings. The summed E-state index contributed by atoms with van der Waals surface area (Å²) in [4.78, 5) is 12.1. The maximum absolute atomic E-state index is 12.1. The zero-order valence-electron chi connectivity index (χ0n) is 12.6. The second kappa shape index (κ2) is 5.72. The third-order valence-corrected chi connectivity index (χ3v) is 4.15. The minimum Gasteiger partial charge on any atom is -0.331 e. The number of carbonyl (C=O) groups excluding carboxylic acids is 1. The summed E-state index contributed by atoms with van der Waals surface area (Å²) in [6.07, 6.45) is 5.32. The molecule has 2 aromatic heterocycles. The maximum atomic E-state index is 12.1. The predicted octanol–water partition coefficient (Wildman–Crippen LogP) is 2.54. The first kappa shape index (κ1) is 13.8. The van der Waals surface area contributed by atoms with Gasteiger partial charge in [0.2, 0.25) is 0 Å². The van der Waals surface area contributed by atoms with E-state index in [0.717, 1.165) is 24.2 Å². The van der Waals surface area contributed by atoms with E-state index >= 15 is 0 Å². The molecule has 0 bridgehead atoms. The Morgan fingerprint density at radius 3 is 3.00 bits per heavy atom. The lowest BCUT2D eigenvalue weighted by molar-refractivity contribution is 0.251. The summed E-state index contributed by atoms with van der Waals surface area (Å²) >= 11 is 0. The van der Waals surface area contributed by atoms with Gasteiger partial charge in [-0.1, -0.05) is 12.1 Å². The summed E-state index contributed by atoms with van der Waals surface area (Å²) in [7, 11) is 0. The van der Waals surface area contributed by atoms with Crippen LogP contribution >= 0.6 is 0 Å². The number of benzene rings is 1. The highest BCUT2D eigenvalue weighted by atomic mass is 16.2. The van der Waals surface area contributed by atoms with Crippen LogP contribution in [0, 0.1) is 0 Å². The Morgan fingerprint density at radius 1 is 1.13 bits per heavy atom. The number of pyridine rings is 1. The normalized spacial score (nSPS) is 13.0. The quantitative estimate of drug-likeness (QED) is 0.781. The molecule has 1 aliphatic rings. The summed E-state index contributed by atoms with van der Waals surface area (Å²) < 4.78 is 1.86. The van der Waals surface area contributed by atoms with Crippen LogP contribution in [0.2, 0.25) is 0 Å². The third kappa shape index (κ3) is 2.75. The van der Waals surface area contributed by atoms with Crippen molar-refractivity contribution in [2.24, 2.45) is 0 Å². The van der Waals surface area contributed by atoms with E-state index in [1.54, 1.807) is 0 Å². The SMILES string of the molecule is O=C(NCc1nnc2ccccn12)Nc1ccc2c(c1)CCC2. The Hall–Kier alpha value is -2.89. The van der Waals surface area contributed by atoms with E-state index in [0.29, 0.717) is 12.4 Å². The Labute approximate surface area is 133 Å². The Kier molecular flexibility index (Phi) is 3.42. The molecule has 4 rings (SSSR count). The molecule has 1 aromatic carbocycles. The molecule has 0 atom stereocenters. The molecule has 0 aliphatic heterocycles. The van der Waals surface area contributed by atoms with Crippen LogP contribution in [-0.2, 0) is 19.4 Å². The minimum absolute atomic E-state index is 0.240. The van der Waals surface area contributed by atoms with Crippen molar-refractivity contribution < 1.29 is 4.79 Å². The number of anilines is 1. The number of nitrogens with zero attached hydrogens (tertiary/aromatic N) is 3. The number of hydrogen-bond donors (Lipinski definition) is 2. The van der Waals surface area contributed by atoms with Crippen LogP contribution < -0.4 is 10.6 Å². The topological polar surface area (TPSA) is 71.3 Å². The van der Waals surface area contributed by atoms with Gasteiger partial charge in [-0.2, -0.15) is 0 Å². The summed E-state index contributed by atoms with van der Waals surface area (Å²) in [5, 5.41) is 13.8. The average molecular weight is 307 g/mol. The summed E-state index contributed by atoms with van der Waals surface area (Å²) in [6, 6.07) is 11.6. The lowest BCUT2D eigenvalue weighted by Crippen LogP contribution is -2.29. The first-order valence-electron chi connectivity index (χ1n) is 7.75. The van der Waals surface area contributed by atoms with Crippen molar-refractivity contribution in [3.8, 4) is 0 Å². The van der Waals surface area contributed by atoms with Gasteiger partial charge in [0.15, 0.2) is 11.5 Å². The average Bonchev–Trinajstić information content (AvgIpc) is 3.19.